The third-order valence-electron chi connectivity index (χ3n) is 4.82. The van der Waals surface area contributed by atoms with Crippen molar-refractivity contribution in [3.05, 3.63) is 34.9 Å². The van der Waals surface area contributed by atoms with Gasteiger partial charge in [-0.2, -0.15) is 0 Å². The normalized spacial score (nSPS) is 18.6. The summed E-state index contributed by atoms with van der Waals surface area (Å²) < 4.78 is 21.0. The van der Waals surface area contributed by atoms with Crippen LogP contribution >= 0.6 is 12.2 Å². The molecule has 1 saturated heterocycles. The van der Waals surface area contributed by atoms with Gasteiger partial charge in [0.25, 0.3) is 4.84 Å². The number of nitrogens with zero attached hydrogens (tertiary/aromatic N) is 4. The first-order chi connectivity index (χ1) is 13.1. The maximum atomic E-state index is 13.9. The van der Waals surface area contributed by atoms with Gasteiger partial charge in [-0.3, -0.25) is 14.6 Å². The number of rotatable bonds is 6. The van der Waals surface area contributed by atoms with Crippen LogP contribution in [0.4, 0.5) is 4.39 Å². The molecule has 27 heavy (non-hydrogen) atoms. The predicted molar refractivity (Wildman–Crippen MR) is 99.9 cm³/mol. The van der Waals surface area contributed by atoms with Crippen molar-refractivity contribution < 1.29 is 13.6 Å². The van der Waals surface area contributed by atoms with E-state index in [1.54, 1.807) is 22.9 Å². The molecule has 9 heteroatoms. The summed E-state index contributed by atoms with van der Waals surface area (Å²) in [6.45, 7) is 4.16. The van der Waals surface area contributed by atoms with Crippen LogP contribution in [0, 0.1) is 10.7 Å². The molecule has 4 rings (SSSR count). The summed E-state index contributed by atoms with van der Waals surface area (Å²) in [5, 5.41) is 7.35. The lowest BCUT2D eigenvalue weighted by molar-refractivity contribution is -0.122. The summed E-state index contributed by atoms with van der Waals surface area (Å²) in [4.78, 5) is 16.5. The average Bonchev–Trinajstić information content (AvgIpc) is 3.39. The molecule has 0 radical (unpaired) electrons. The summed E-state index contributed by atoms with van der Waals surface area (Å²) in [5.41, 5.74) is 0.300. The molecule has 1 amide bonds. The minimum atomic E-state index is -0.390. The van der Waals surface area contributed by atoms with Gasteiger partial charge in [0.05, 0.1) is 18.8 Å². The highest BCUT2D eigenvalue weighted by Gasteiger charge is 2.25. The Morgan fingerprint density at radius 2 is 1.93 bits per heavy atom. The average molecular weight is 391 g/mol. The Balaban J connectivity index is 1.32. The van der Waals surface area contributed by atoms with Crippen molar-refractivity contribution >= 4 is 18.1 Å². The van der Waals surface area contributed by atoms with Gasteiger partial charge in [-0.15, -0.1) is 5.10 Å². The van der Waals surface area contributed by atoms with Gasteiger partial charge in [0.1, 0.15) is 5.82 Å². The highest BCUT2D eigenvalue weighted by molar-refractivity contribution is 7.71. The summed E-state index contributed by atoms with van der Waals surface area (Å²) in [7, 11) is 0. The quantitative estimate of drug-likeness (QED) is 0.759. The Kier molecular flexibility index (Phi) is 5.33. The highest BCUT2D eigenvalue weighted by atomic mass is 32.1. The maximum absolute atomic E-state index is 13.9. The zero-order valence-corrected chi connectivity index (χ0v) is 15.8. The molecule has 1 aliphatic carbocycles. The SMILES string of the molecule is O=C(CN1CCN(Cn2nc(-c3ccccc3F)oc2=S)CC1)NC1CC1. The van der Waals surface area contributed by atoms with Crippen molar-refractivity contribution in [1.82, 2.24) is 24.9 Å². The fourth-order valence-corrected chi connectivity index (χ4v) is 3.30. The van der Waals surface area contributed by atoms with Crippen LogP contribution in [0.1, 0.15) is 12.8 Å². The van der Waals surface area contributed by atoms with Crippen LogP contribution in [0.15, 0.2) is 28.7 Å². The summed E-state index contributed by atoms with van der Waals surface area (Å²) in [6, 6.07) is 6.73. The Hall–Kier alpha value is -2.10. The molecule has 1 aliphatic heterocycles. The molecule has 1 aromatic heterocycles. The van der Waals surface area contributed by atoms with Crippen molar-refractivity contribution in [3.8, 4) is 11.5 Å². The van der Waals surface area contributed by atoms with Crippen molar-refractivity contribution in [2.45, 2.75) is 25.6 Å². The van der Waals surface area contributed by atoms with E-state index in [0.29, 0.717) is 24.8 Å². The number of carbonyl (C=O) groups excluding carboxylic acids is 1. The van der Waals surface area contributed by atoms with Crippen molar-refractivity contribution in [3.63, 3.8) is 0 Å². The van der Waals surface area contributed by atoms with Gasteiger partial charge in [0.15, 0.2) is 0 Å². The van der Waals surface area contributed by atoms with Crippen LogP contribution in [0.3, 0.4) is 0 Å². The van der Waals surface area contributed by atoms with E-state index < -0.39 is 0 Å². The Labute approximate surface area is 161 Å². The zero-order valence-electron chi connectivity index (χ0n) is 14.9. The molecule has 0 bridgehead atoms. The van der Waals surface area contributed by atoms with E-state index in [9.17, 15) is 9.18 Å². The van der Waals surface area contributed by atoms with E-state index in [1.165, 1.54) is 6.07 Å². The van der Waals surface area contributed by atoms with Crippen LogP contribution in [-0.4, -0.2) is 64.3 Å². The number of hydrogen-bond acceptors (Lipinski definition) is 6. The first kappa shape index (κ1) is 18.3. The molecule has 2 heterocycles. The largest absolute Gasteiger partial charge is 0.409 e. The standard InChI is InChI=1S/C18H22FN5O2S/c19-15-4-2-1-3-14(15)17-21-24(18(27)26-17)12-23-9-7-22(8-10-23)11-16(25)20-13-5-6-13/h1-4,13H,5-12H2,(H,20,25). The molecule has 0 atom stereocenters. The number of piperazine rings is 1. The summed E-state index contributed by atoms with van der Waals surface area (Å²) in [6.07, 6.45) is 2.21. The molecule has 0 spiro atoms. The molecular weight excluding hydrogens is 369 g/mol. The molecule has 1 N–H and O–H groups in total. The maximum Gasteiger partial charge on any atom is 0.288 e. The van der Waals surface area contributed by atoms with Crippen molar-refractivity contribution in [1.29, 1.82) is 0 Å². The number of benzene rings is 1. The molecule has 1 aromatic carbocycles. The van der Waals surface area contributed by atoms with Crippen LogP contribution in [0.25, 0.3) is 11.5 Å². The third kappa shape index (κ3) is 4.60. The molecule has 1 saturated carbocycles. The van der Waals surface area contributed by atoms with E-state index in [0.717, 1.165) is 39.0 Å². The number of aromatic nitrogens is 2. The van der Waals surface area contributed by atoms with Crippen molar-refractivity contribution in [2.75, 3.05) is 32.7 Å². The van der Waals surface area contributed by atoms with Gasteiger partial charge in [-0.05, 0) is 37.2 Å². The monoisotopic (exact) mass is 391 g/mol. The van der Waals surface area contributed by atoms with E-state index in [-0.39, 0.29) is 22.5 Å². The lowest BCUT2D eigenvalue weighted by Crippen LogP contribution is -2.49. The minimum Gasteiger partial charge on any atom is -0.409 e. The van der Waals surface area contributed by atoms with Gasteiger partial charge in [0.2, 0.25) is 11.8 Å². The van der Waals surface area contributed by atoms with Crippen LogP contribution in [0.5, 0.6) is 0 Å². The molecule has 2 aliphatic rings. The zero-order chi connectivity index (χ0) is 18.8. The molecule has 7 nitrogen and oxygen atoms in total. The van der Waals surface area contributed by atoms with E-state index in [2.05, 4.69) is 20.2 Å². The first-order valence-electron chi connectivity index (χ1n) is 9.15. The number of amides is 1. The summed E-state index contributed by atoms with van der Waals surface area (Å²) >= 11 is 5.23. The Bertz CT molecular complexity index is 871. The molecule has 2 aromatic rings. The Morgan fingerprint density at radius 3 is 2.63 bits per heavy atom. The van der Waals surface area contributed by atoms with Gasteiger partial charge < -0.3 is 9.73 Å². The third-order valence-corrected chi connectivity index (χ3v) is 5.11. The first-order valence-corrected chi connectivity index (χ1v) is 9.56. The van der Waals surface area contributed by atoms with E-state index in [4.69, 9.17) is 16.6 Å². The molecular formula is C18H22FN5O2S. The van der Waals surface area contributed by atoms with Gasteiger partial charge in [-0.1, -0.05) is 12.1 Å². The van der Waals surface area contributed by atoms with Gasteiger partial charge >= 0.3 is 0 Å². The van der Waals surface area contributed by atoms with E-state index >= 15 is 0 Å². The lowest BCUT2D eigenvalue weighted by Gasteiger charge is -2.33. The van der Waals surface area contributed by atoms with Crippen LogP contribution in [-0.2, 0) is 11.5 Å². The highest BCUT2D eigenvalue weighted by Crippen LogP contribution is 2.21. The number of halogens is 1. The Morgan fingerprint density at radius 1 is 1.22 bits per heavy atom. The number of hydrogen-bond donors (Lipinski definition) is 1. The fraction of sp³-hybridized carbons (Fsp3) is 0.500. The lowest BCUT2D eigenvalue weighted by atomic mass is 10.2. The van der Waals surface area contributed by atoms with Gasteiger partial charge in [-0.25, -0.2) is 9.07 Å². The second-order valence-electron chi connectivity index (χ2n) is 7.03. The minimum absolute atomic E-state index is 0.110. The summed E-state index contributed by atoms with van der Waals surface area (Å²) in [5.74, 6) is -0.0910. The fourth-order valence-electron chi connectivity index (χ4n) is 3.12. The van der Waals surface area contributed by atoms with Crippen LogP contribution in [0.2, 0.25) is 0 Å². The van der Waals surface area contributed by atoms with Crippen molar-refractivity contribution in [2.24, 2.45) is 0 Å². The molecule has 0 unspecified atom stereocenters. The van der Waals surface area contributed by atoms with Gasteiger partial charge in [0, 0.05) is 32.2 Å². The van der Waals surface area contributed by atoms with Crippen LogP contribution < -0.4 is 5.32 Å². The van der Waals surface area contributed by atoms with E-state index in [1.807, 2.05) is 0 Å². The topological polar surface area (TPSA) is 66.5 Å². The molecule has 2 fully saturated rings. The second kappa shape index (κ2) is 7.87. The number of carbonyl (C=O) groups is 1. The number of nitrogens with one attached hydrogen (secondary N) is 1. The molecule has 144 valence electrons. The predicted octanol–water partition coefficient (Wildman–Crippen LogP) is 1.87. The second-order valence-corrected chi connectivity index (χ2v) is 7.38. The smallest absolute Gasteiger partial charge is 0.288 e.